The first-order valence-electron chi connectivity index (χ1n) is 7.91. The topological polar surface area (TPSA) is 64.3 Å². The van der Waals surface area contributed by atoms with Crippen molar-refractivity contribution in [1.29, 1.82) is 0 Å². The molecule has 2 rings (SSSR count). The summed E-state index contributed by atoms with van der Waals surface area (Å²) in [6, 6.07) is 5.80. The van der Waals surface area contributed by atoms with Crippen LogP contribution >= 0.6 is 0 Å². The minimum Gasteiger partial charge on any atom is -0.492 e. The molecule has 0 bridgehead atoms. The minimum absolute atomic E-state index is 0.0224. The zero-order valence-corrected chi connectivity index (χ0v) is 13.0. The summed E-state index contributed by atoms with van der Waals surface area (Å²) in [5.41, 5.74) is 8.02. The Kier molecular flexibility index (Phi) is 5.62. The van der Waals surface area contributed by atoms with Crippen LogP contribution in [0.5, 0.6) is 5.75 Å². The molecule has 1 aromatic carbocycles. The Bertz CT molecular complexity index is 488. The van der Waals surface area contributed by atoms with E-state index in [0.717, 1.165) is 42.7 Å². The second kappa shape index (κ2) is 7.46. The molecule has 21 heavy (non-hydrogen) atoms. The van der Waals surface area contributed by atoms with E-state index in [1.807, 2.05) is 32.0 Å². The number of benzene rings is 1. The largest absolute Gasteiger partial charge is 0.492 e. The standard InChI is InChI=1S/C17H26N2O2/c1-3-21-16-11-12(2)9-10-15(16)19-17(20)13-7-5-4-6-8-14(13)18/h9-11,13-14H,3-8,18H2,1-2H3,(H,19,20). The van der Waals surface area contributed by atoms with Gasteiger partial charge in [0.1, 0.15) is 5.75 Å². The van der Waals surface area contributed by atoms with Gasteiger partial charge in [0, 0.05) is 6.04 Å². The first kappa shape index (κ1) is 15.8. The maximum absolute atomic E-state index is 12.5. The Balaban J connectivity index is 2.11. The highest BCUT2D eigenvalue weighted by molar-refractivity contribution is 5.94. The van der Waals surface area contributed by atoms with Gasteiger partial charge in [-0.2, -0.15) is 0 Å². The number of nitrogens with one attached hydrogen (secondary N) is 1. The van der Waals surface area contributed by atoms with Crippen molar-refractivity contribution in [3.63, 3.8) is 0 Å². The lowest BCUT2D eigenvalue weighted by Gasteiger charge is -2.21. The molecular weight excluding hydrogens is 264 g/mol. The number of ether oxygens (including phenoxy) is 1. The molecule has 2 atom stereocenters. The molecule has 0 saturated heterocycles. The van der Waals surface area contributed by atoms with Crippen molar-refractivity contribution in [1.82, 2.24) is 0 Å². The van der Waals surface area contributed by atoms with Crippen molar-refractivity contribution < 1.29 is 9.53 Å². The first-order valence-corrected chi connectivity index (χ1v) is 7.91. The van der Waals surface area contributed by atoms with E-state index in [1.165, 1.54) is 6.42 Å². The summed E-state index contributed by atoms with van der Waals surface area (Å²) >= 11 is 0. The molecule has 116 valence electrons. The van der Waals surface area contributed by atoms with Gasteiger partial charge in [-0.3, -0.25) is 4.79 Å². The van der Waals surface area contributed by atoms with E-state index in [4.69, 9.17) is 10.5 Å². The van der Waals surface area contributed by atoms with Gasteiger partial charge in [-0.1, -0.05) is 25.3 Å². The molecule has 1 aliphatic rings. The Morgan fingerprint density at radius 2 is 2.10 bits per heavy atom. The second-order valence-corrected chi connectivity index (χ2v) is 5.83. The Morgan fingerprint density at radius 3 is 2.86 bits per heavy atom. The number of hydrogen-bond acceptors (Lipinski definition) is 3. The Morgan fingerprint density at radius 1 is 1.33 bits per heavy atom. The van der Waals surface area contributed by atoms with Crippen LogP contribution in [-0.2, 0) is 4.79 Å². The minimum atomic E-state index is -0.0942. The molecule has 1 aromatic rings. The van der Waals surface area contributed by atoms with Crippen molar-refractivity contribution in [2.24, 2.45) is 11.7 Å². The van der Waals surface area contributed by atoms with Gasteiger partial charge in [-0.15, -0.1) is 0 Å². The third-order valence-electron chi connectivity index (χ3n) is 4.10. The highest BCUT2D eigenvalue weighted by Crippen LogP contribution is 2.28. The fourth-order valence-electron chi connectivity index (χ4n) is 2.90. The van der Waals surface area contributed by atoms with Crippen LogP contribution in [0.3, 0.4) is 0 Å². The van der Waals surface area contributed by atoms with Crippen LogP contribution in [0.25, 0.3) is 0 Å². The molecule has 3 N–H and O–H groups in total. The average molecular weight is 290 g/mol. The molecule has 2 unspecified atom stereocenters. The molecule has 1 amide bonds. The van der Waals surface area contributed by atoms with E-state index < -0.39 is 0 Å². The monoisotopic (exact) mass is 290 g/mol. The normalized spacial score (nSPS) is 22.4. The quantitative estimate of drug-likeness (QED) is 0.837. The summed E-state index contributed by atoms with van der Waals surface area (Å²) < 4.78 is 5.61. The molecule has 0 radical (unpaired) electrons. The van der Waals surface area contributed by atoms with Gasteiger partial charge >= 0.3 is 0 Å². The van der Waals surface area contributed by atoms with Crippen LogP contribution in [0, 0.1) is 12.8 Å². The number of aryl methyl sites for hydroxylation is 1. The second-order valence-electron chi connectivity index (χ2n) is 5.83. The zero-order chi connectivity index (χ0) is 15.2. The van der Waals surface area contributed by atoms with E-state index in [1.54, 1.807) is 0 Å². The first-order chi connectivity index (χ1) is 10.1. The number of hydrogen-bond donors (Lipinski definition) is 2. The summed E-state index contributed by atoms with van der Waals surface area (Å²) in [6.07, 6.45) is 5.19. The van der Waals surface area contributed by atoms with Crippen LogP contribution < -0.4 is 15.8 Å². The van der Waals surface area contributed by atoms with Gasteiger partial charge in [0.2, 0.25) is 5.91 Å². The van der Waals surface area contributed by atoms with Crippen molar-refractivity contribution in [2.75, 3.05) is 11.9 Å². The maximum atomic E-state index is 12.5. The Labute approximate surface area is 127 Å². The summed E-state index contributed by atoms with van der Waals surface area (Å²) in [4.78, 5) is 12.5. The van der Waals surface area contributed by atoms with Crippen LogP contribution in [-0.4, -0.2) is 18.6 Å². The van der Waals surface area contributed by atoms with E-state index in [0.29, 0.717) is 6.61 Å². The predicted octanol–water partition coefficient (Wildman–Crippen LogP) is 3.24. The molecule has 0 spiro atoms. The third kappa shape index (κ3) is 4.21. The summed E-state index contributed by atoms with van der Waals surface area (Å²) in [7, 11) is 0. The number of amides is 1. The fraction of sp³-hybridized carbons (Fsp3) is 0.588. The molecule has 1 aliphatic carbocycles. The fourth-order valence-corrected chi connectivity index (χ4v) is 2.90. The molecule has 4 nitrogen and oxygen atoms in total. The number of carbonyl (C=O) groups excluding carboxylic acids is 1. The number of anilines is 1. The van der Waals surface area contributed by atoms with Crippen molar-refractivity contribution in [2.45, 2.75) is 52.0 Å². The highest BCUT2D eigenvalue weighted by atomic mass is 16.5. The molecule has 4 heteroatoms. The van der Waals surface area contributed by atoms with Gasteiger partial charge in [-0.05, 0) is 44.4 Å². The molecular formula is C17H26N2O2. The van der Waals surface area contributed by atoms with E-state index in [9.17, 15) is 4.79 Å². The lowest BCUT2D eigenvalue weighted by Crippen LogP contribution is -2.37. The van der Waals surface area contributed by atoms with Crippen LogP contribution in [0.15, 0.2) is 18.2 Å². The molecule has 1 fully saturated rings. The maximum Gasteiger partial charge on any atom is 0.229 e. The molecule has 0 aliphatic heterocycles. The predicted molar refractivity (Wildman–Crippen MR) is 85.5 cm³/mol. The van der Waals surface area contributed by atoms with Gasteiger partial charge in [0.15, 0.2) is 0 Å². The van der Waals surface area contributed by atoms with Gasteiger partial charge < -0.3 is 15.8 Å². The number of nitrogens with two attached hydrogens (primary N) is 1. The van der Waals surface area contributed by atoms with Crippen LogP contribution in [0.4, 0.5) is 5.69 Å². The van der Waals surface area contributed by atoms with E-state index >= 15 is 0 Å². The highest BCUT2D eigenvalue weighted by Gasteiger charge is 2.27. The van der Waals surface area contributed by atoms with Crippen LogP contribution in [0.2, 0.25) is 0 Å². The van der Waals surface area contributed by atoms with E-state index in [2.05, 4.69) is 5.32 Å². The summed E-state index contributed by atoms with van der Waals surface area (Å²) in [5.74, 6) is 0.658. The van der Waals surface area contributed by atoms with Gasteiger partial charge in [-0.25, -0.2) is 0 Å². The SMILES string of the molecule is CCOc1cc(C)ccc1NC(=O)C1CCCCCC1N. The summed E-state index contributed by atoms with van der Waals surface area (Å²) in [6.45, 7) is 4.53. The van der Waals surface area contributed by atoms with Crippen molar-refractivity contribution in [3.05, 3.63) is 23.8 Å². The van der Waals surface area contributed by atoms with Crippen LogP contribution in [0.1, 0.15) is 44.6 Å². The van der Waals surface area contributed by atoms with Gasteiger partial charge in [0.05, 0.1) is 18.2 Å². The Hall–Kier alpha value is -1.55. The smallest absolute Gasteiger partial charge is 0.229 e. The number of carbonyl (C=O) groups is 1. The lowest BCUT2D eigenvalue weighted by molar-refractivity contribution is -0.120. The summed E-state index contributed by atoms with van der Waals surface area (Å²) in [5, 5.41) is 3.01. The number of rotatable bonds is 4. The van der Waals surface area contributed by atoms with Gasteiger partial charge in [0.25, 0.3) is 0 Å². The lowest BCUT2D eigenvalue weighted by atomic mass is 9.94. The third-order valence-corrected chi connectivity index (χ3v) is 4.10. The molecule has 0 heterocycles. The average Bonchev–Trinajstić information content (AvgIpc) is 2.67. The van der Waals surface area contributed by atoms with Crippen molar-refractivity contribution >= 4 is 11.6 Å². The van der Waals surface area contributed by atoms with Crippen molar-refractivity contribution in [3.8, 4) is 5.75 Å². The zero-order valence-electron chi connectivity index (χ0n) is 13.0. The molecule has 0 aromatic heterocycles. The van der Waals surface area contributed by atoms with E-state index in [-0.39, 0.29) is 17.9 Å². The molecule has 1 saturated carbocycles.